The number of hydrogen-bond donors (Lipinski definition) is 0. The molecule has 4 rings (SSSR count). The number of piperidine rings is 1. The number of pyridine rings is 2. The molecule has 1 saturated heterocycles. The molecule has 1 aliphatic rings. The van der Waals surface area contributed by atoms with Gasteiger partial charge in [0.2, 0.25) is 5.88 Å². The Labute approximate surface area is 183 Å². The molecule has 1 aliphatic heterocycles. The average Bonchev–Trinajstić information content (AvgIpc) is 2.77. The van der Waals surface area contributed by atoms with Crippen molar-refractivity contribution in [1.29, 1.82) is 0 Å². The molecule has 3 aromatic rings. The molecule has 0 N–H and O–H groups in total. The number of likely N-dealkylation sites (tertiary alicyclic amines) is 1. The second-order valence-corrected chi connectivity index (χ2v) is 8.96. The standard InChI is InChI=1S/C25H29N3O3/c1-25(2,3)31-24(29)28-14-11-19(12-15-28)22-7-4-8-23(27-22)30-17-18-9-10-21-20(16-18)6-5-13-26-21/h4-10,13,16,19H,11-12,14-15,17H2,1-3H3. The van der Waals surface area contributed by atoms with Gasteiger partial charge in [-0.25, -0.2) is 9.78 Å². The zero-order valence-electron chi connectivity index (χ0n) is 18.4. The molecule has 0 atom stereocenters. The maximum atomic E-state index is 12.3. The lowest BCUT2D eigenvalue weighted by Gasteiger charge is -2.33. The Morgan fingerprint density at radius 3 is 2.68 bits per heavy atom. The summed E-state index contributed by atoms with van der Waals surface area (Å²) in [5.41, 5.74) is 2.61. The summed E-state index contributed by atoms with van der Waals surface area (Å²) in [4.78, 5) is 23.2. The Balaban J connectivity index is 1.34. The van der Waals surface area contributed by atoms with E-state index in [1.54, 1.807) is 11.1 Å². The highest BCUT2D eigenvalue weighted by atomic mass is 16.6. The third-order valence-electron chi connectivity index (χ3n) is 5.36. The lowest BCUT2D eigenvalue weighted by Crippen LogP contribution is -2.41. The molecule has 0 aliphatic carbocycles. The lowest BCUT2D eigenvalue weighted by molar-refractivity contribution is 0.0204. The van der Waals surface area contributed by atoms with Crippen LogP contribution >= 0.6 is 0 Å². The average molecular weight is 420 g/mol. The minimum Gasteiger partial charge on any atom is -0.473 e. The first-order chi connectivity index (χ1) is 14.9. The molecular formula is C25H29N3O3. The van der Waals surface area contributed by atoms with E-state index in [0.717, 1.165) is 35.0 Å². The summed E-state index contributed by atoms with van der Waals surface area (Å²) < 4.78 is 11.5. The van der Waals surface area contributed by atoms with E-state index >= 15 is 0 Å². The van der Waals surface area contributed by atoms with Crippen molar-refractivity contribution in [2.45, 2.75) is 51.7 Å². The number of hydrogen-bond acceptors (Lipinski definition) is 5. The normalized spacial score (nSPS) is 15.1. The van der Waals surface area contributed by atoms with Crippen molar-refractivity contribution in [2.75, 3.05) is 13.1 Å². The number of carbonyl (C=O) groups is 1. The van der Waals surface area contributed by atoms with Gasteiger partial charge in [0.25, 0.3) is 0 Å². The highest BCUT2D eigenvalue weighted by molar-refractivity contribution is 5.78. The largest absolute Gasteiger partial charge is 0.473 e. The molecule has 0 unspecified atom stereocenters. The number of fused-ring (bicyclic) bond motifs is 1. The molecule has 1 amide bonds. The van der Waals surface area contributed by atoms with Crippen LogP contribution in [-0.4, -0.2) is 39.7 Å². The molecule has 0 bridgehead atoms. The van der Waals surface area contributed by atoms with Crippen LogP contribution in [0.25, 0.3) is 10.9 Å². The molecule has 6 nitrogen and oxygen atoms in total. The van der Waals surface area contributed by atoms with Gasteiger partial charge in [-0.15, -0.1) is 0 Å². The van der Waals surface area contributed by atoms with Gasteiger partial charge in [-0.05, 0) is 63.4 Å². The van der Waals surface area contributed by atoms with Crippen molar-refractivity contribution in [3.63, 3.8) is 0 Å². The van der Waals surface area contributed by atoms with Gasteiger partial charge in [0.15, 0.2) is 0 Å². The van der Waals surface area contributed by atoms with Crippen LogP contribution in [0.1, 0.15) is 50.8 Å². The number of nitrogens with zero attached hydrogens (tertiary/aromatic N) is 3. The SMILES string of the molecule is CC(C)(C)OC(=O)N1CCC(c2cccc(OCc3ccc4ncccc4c3)n2)CC1. The molecule has 2 aromatic heterocycles. The first-order valence-corrected chi connectivity index (χ1v) is 10.8. The van der Waals surface area contributed by atoms with Crippen LogP contribution in [0.15, 0.2) is 54.7 Å². The summed E-state index contributed by atoms with van der Waals surface area (Å²) in [6.45, 7) is 7.49. The van der Waals surface area contributed by atoms with E-state index in [1.165, 1.54) is 0 Å². The Morgan fingerprint density at radius 1 is 1.10 bits per heavy atom. The van der Waals surface area contributed by atoms with Gasteiger partial charge in [0, 0.05) is 42.4 Å². The Bertz CT molecular complexity index is 1050. The zero-order chi connectivity index (χ0) is 21.8. The number of aromatic nitrogens is 2. The maximum absolute atomic E-state index is 12.3. The summed E-state index contributed by atoms with van der Waals surface area (Å²) in [5, 5.41) is 1.10. The van der Waals surface area contributed by atoms with Gasteiger partial charge in [-0.3, -0.25) is 4.98 Å². The fraction of sp³-hybridized carbons (Fsp3) is 0.400. The maximum Gasteiger partial charge on any atom is 0.410 e. The fourth-order valence-corrected chi connectivity index (χ4v) is 3.79. The lowest BCUT2D eigenvalue weighted by atomic mass is 9.93. The molecule has 0 saturated carbocycles. The van der Waals surface area contributed by atoms with E-state index in [4.69, 9.17) is 14.5 Å². The van der Waals surface area contributed by atoms with Crippen molar-refractivity contribution in [1.82, 2.24) is 14.9 Å². The van der Waals surface area contributed by atoms with Crippen LogP contribution in [0.4, 0.5) is 4.79 Å². The van der Waals surface area contributed by atoms with E-state index in [-0.39, 0.29) is 6.09 Å². The molecule has 3 heterocycles. The molecule has 1 fully saturated rings. The second-order valence-electron chi connectivity index (χ2n) is 8.96. The Hall–Kier alpha value is -3.15. The second kappa shape index (κ2) is 8.92. The van der Waals surface area contributed by atoms with Gasteiger partial charge >= 0.3 is 6.09 Å². The first-order valence-electron chi connectivity index (χ1n) is 10.8. The summed E-state index contributed by atoms with van der Waals surface area (Å²) in [5.74, 6) is 0.937. The van der Waals surface area contributed by atoms with Crippen LogP contribution in [-0.2, 0) is 11.3 Å². The highest BCUT2D eigenvalue weighted by Crippen LogP contribution is 2.29. The van der Waals surface area contributed by atoms with Crippen molar-refractivity contribution in [3.8, 4) is 5.88 Å². The van der Waals surface area contributed by atoms with E-state index in [0.29, 0.717) is 31.5 Å². The molecule has 6 heteroatoms. The van der Waals surface area contributed by atoms with Crippen LogP contribution in [0, 0.1) is 0 Å². The third-order valence-corrected chi connectivity index (χ3v) is 5.36. The number of ether oxygens (including phenoxy) is 2. The van der Waals surface area contributed by atoms with Gasteiger partial charge in [-0.2, -0.15) is 0 Å². The molecule has 162 valence electrons. The molecule has 31 heavy (non-hydrogen) atoms. The van der Waals surface area contributed by atoms with Gasteiger partial charge in [0.1, 0.15) is 12.2 Å². The van der Waals surface area contributed by atoms with E-state index in [1.807, 2.05) is 63.2 Å². The predicted octanol–water partition coefficient (Wildman–Crippen LogP) is 5.32. The van der Waals surface area contributed by atoms with Gasteiger partial charge < -0.3 is 14.4 Å². The van der Waals surface area contributed by atoms with Gasteiger partial charge in [-0.1, -0.05) is 18.2 Å². The van der Waals surface area contributed by atoms with Crippen molar-refractivity contribution in [2.24, 2.45) is 0 Å². The van der Waals surface area contributed by atoms with Crippen molar-refractivity contribution in [3.05, 3.63) is 66.0 Å². The summed E-state index contributed by atoms with van der Waals surface area (Å²) in [6.07, 6.45) is 3.30. The van der Waals surface area contributed by atoms with Crippen molar-refractivity contribution >= 4 is 17.0 Å². The minimum atomic E-state index is -0.470. The fourth-order valence-electron chi connectivity index (χ4n) is 3.79. The van der Waals surface area contributed by atoms with Crippen LogP contribution in [0.5, 0.6) is 5.88 Å². The quantitative estimate of drug-likeness (QED) is 0.572. The predicted molar refractivity (Wildman–Crippen MR) is 120 cm³/mol. The summed E-state index contributed by atoms with van der Waals surface area (Å²) in [6, 6.07) is 16.0. The molecule has 0 radical (unpaired) electrons. The number of benzene rings is 1. The van der Waals surface area contributed by atoms with Gasteiger partial charge in [0.05, 0.1) is 5.52 Å². The van der Waals surface area contributed by atoms with E-state index < -0.39 is 5.60 Å². The Kier molecular flexibility index (Phi) is 6.07. The highest BCUT2D eigenvalue weighted by Gasteiger charge is 2.28. The van der Waals surface area contributed by atoms with E-state index in [9.17, 15) is 4.79 Å². The smallest absolute Gasteiger partial charge is 0.410 e. The Morgan fingerprint density at radius 2 is 1.90 bits per heavy atom. The monoisotopic (exact) mass is 419 g/mol. The summed E-state index contributed by atoms with van der Waals surface area (Å²) in [7, 11) is 0. The summed E-state index contributed by atoms with van der Waals surface area (Å²) >= 11 is 0. The zero-order valence-corrected chi connectivity index (χ0v) is 18.4. The molecular weight excluding hydrogens is 390 g/mol. The van der Waals surface area contributed by atoms with Crippen LogP contribution < -0.4 is 4.74 Å². The topological polar surface area (TPSA) is 64.5 Å². The van der Waals surface area contributed by atoms with Crippen molar-refractivity contribution < 1.29 is 14.3 Å². The van der Waals surface area contributed by atoms with Crippen LogP contribution in [0.3, 0.4) is 0 Å². The molecule has 1 aromatic carbocycles. The minimum absolute atomic E-state index is 0.235. The number of amides is 1. The molecule has 0 spiro atoms. The third kappa shape index (κ3) is 5.51. The number of carbonyl (C=O) groups excluding carboxylic acids is 1. The van der Waals surface area contributed by atoms with E-state index in [2.05, 4.69) is 11.1 Å². The number of rotatable bonds is 4. The first kappa shape index (κ1) is 21.1. The van der Waals surface area contributed by atoms with Crippen LogP contribution in [0.2, 0.25) is 0 Å².